The number of nitrogens with one attached hydrogen (secondary N) is 1. The van der Waals surface area contributed by atoms with E-state index in [1.54, 1.807) is 0 Å². The largest absolute Gasteiger partial charge is 0.394 e. The first-order valence-electron chi connectivity index (χ1n) is 37.0. The van der Waals surface area contributed by atoms with E-state index in [0.717, 1.165) is 77.0 Å². The summed E-state index contributed by atoms with van der Waals surface area (Å²) in [6, 6.07) is -0.888. The van der Waals surface area contributed by atoms with Crippen LogP contribution in [-0.4, -0.2) is 193 Å². The molecule has 19 heteroatoms. The second-order valence-electron chi connectivity index (χ2n) is 26.4. The summed E-state index contributed by atoms with van der Waals surface area (Å²) in [6.07, 6.45) is 41.6. The lowest BCUT2D eigenvalue weighted by atomic mass is 9.96. The van der Waals surface area contributed by atoms with Gasteiger partial charge in [0.25, 0.3) is 0 Å². The number of aliphatic hydroxyl groups is 11. The minimum Gasteiger partial charge on any atom is -0.394 e. The quantitative estimate of drug-likeness (QED) is 0.0199. The van der Waals surface area contributed by atoms with Gasteiger partial charge in [0, 0.05) is 6.42 Å². The summed E-state index contributed by atoms with van der Waals surface area (Å²) < 4.78 is 34.4. The van der Waals surface area contributed by atoms with Crippen LogP contribution < -0.4 is 5.32 Å². The molecule has 3 aliphatic rings. The Labute approximate surface area is 560 Å². The molecule has 3 rings (SSSR count). The van der Waals surface area contributed by atoms with E-state index in [1.807, 2.05) is 0 Å². The SMILES string of the molecule is CC/C=C\C/C=C\C/C=C\C/C=C\C/C=C\CCCCCCCCCCCCCCCCCCCC(=O)NC(COC1OC(CO)C(OC2OC(CO)C(OC3OC(CO)C(O)C(O)C3O)C(O)C2O)C(O)C1O)C(O)CCCCCCCCCCCCCCCCC. The van der Waals surface area contributed by atoms with Crippen molar-refractivity contribution in [1.29, 1.82) is 0 Å². The molecular weight excluding hydrogens is 1190 g/mol. The molecular formula is C74H133NO18. The molecule has 0 saturated carbocycles. The number of ether oxygens (including phenoxy) is 6. The first-order chi connectivity index (χ1) is 45.3. The number of hydrogen-bond acceptors (Lipinski definition) is 18. The first-order valence-corrected chi connectivity index (χ1v) is 37.0. The lowest BCUT2D eigenvalue weighted by Crippen LogP contribution is -2.66. The van der Waals surface area contributed by atoms with Crippen molar-refractivity contribution >= 4 is 5.91 Å². The zero-order chi connectivity index (χ0) is 67.5. The Kier molecular flexibility index (Phi) is 50.4. The van der Waals surface area contributed by atoms with Gasteiger partial charge in [-0.05, 0) is 57.8 Å². The highest BCUT2D eigenvalue weighted by atomic mass is 16.8. The number of aliphatic hydroxyl groups excluding tert-OH is 11. The molecule has 0 spiro atoms. The Balaban J connectivity index is 1.35. The van der Waals surface area contributed by atoms with Crippen molar-refractivity contribution in [2.45, 2.75) is 375 Å². The van der Waals surface area contributed by atoms with Gasteiger partial charge in [-0.3, -0.25) is 4.79 Å². The third-order valence-electron chi connectivity index (χ3n) is 18.4. The average Bonchev–Trinajstić information content (AvgIpc) is 0.902. The summed E-state index contributed by atoms with van der Waals surface area (Å²) in [4.78, 5) is 13.4. The number of unbranched alkanes of at least 4 members (excludes halogenated alkanes) is 31. The molecule has 93 heavy (non-hydrogen) atoms. The zero-order valence-electron chi connectivity index (χ0n) is 57.5. The maximum atomic E-state index is 13.4. The van der Waals surface area contributed by atoms with Crippen LogP contribution in [-0.2, 0) is 33.2 Å². The van der Waals surface area contributed by atoms with E-state index in [2.05, 4.69) is 79.9 Å². The van der Waals surface area contributed by atoms with Crippen molar-refractivity contribution in [3.8, 4) is 0 Å². The molecule has 542 valence electrons. The number of rotatable bonds is 57. The minimum absolute atomic E-state index is 0.241. The lowest BCUT2D eigenvalue weighted by Gasteiger charge is -2.48. The number of hydrogen-bond donors (Lipinski definition) is 12. The fourth-order valence-electron chi connectivity index (χ4n) is 12.4. The molecule has 0 aromatic heterocycles. The third kappa shape index (κ3) is 36.8. The monoisotopic (exact) mass is 1320 g/mol. The van der Waals surface area contributed by atoms with Crippen molar-refractivity contribution in [1.82, 2.24) is 5.32 Å². The minimum atomic E-state index is -1.97. The van der Waals surface area contributed by atoms with Gasteiger partial charge in [0.05, 0.1) is 38.6 Å². The molecule has 12 N–H and O–H groups in total. The van der Waals surface area contributed by atoms with Crippen molar-refractivity contribution in [3.05, 3.63) is 60.8 Å². The third-order valence-corrected chi connectivity index (χ3v) is 18.4. The Hall–Kier alpha value is -2.51. The highest BCUT2D eigenvalue weighted by molar-refractivity contribution is 5.76. The van der Waals surface area contributed by atoms with Crippen LogP contribution in [0.1, 0.15) is 271 Å². The molecule has 3 fully saturated rings. The molecule has 3 saturated heterocycles. The van der Waals surface area contributed by atoms with Crippen molar-refractivity contribution in [2.24, 2.45) is 0 Å². The van der Waals surface area contributed by atoms with Crippen LogP contribution in [0.15, 0.2) is 60.8 Å². The predicted octanol–water partition coefficient (Wildman–Crippen LogP) is 10.7. The number of amides is 1. The van der Waals surface area contributed by atoms with Gasteiger partial charge in [-0.1, -0.05) is 267 Å². The molecule has 0 aromatic rings. The average molecular weight is 1320 g/mol. The Morgan fingerprint density at radius 2 is 0.742 bits per heavy atom. The Morgan fingerprint density at radius 1 is 0.398 bits per heavy atom. The van der Waals surface area contributed by atoms with Gasteiger partial charge >= 0.3 is 0 Å². The Bertz CT molecular complexity index is 1920. The topological polar surface area (TPSA) is 307 Å². The predicted molar refractivity (Wildman–Crippen MR) is 365 cm³/mol. The van der Waals surface area contributed by atoms with Gasteiger partial charge in [-0.2, -0.15) is 0 Å². The van der Waals surface area contributed by atoms with E-state index in [-0.39, 0.29) is 18.9 Å². The van der Waals surface area contributed by atoms with Gasteiger partial charge < -0.3 is 89.9 Å². The molecule has 3 heterocycles. The molecule has 1 amide bonds. The van der Waals surface area contributed by atoms with E-state index in [0.29, 0.717) is 12.8 Å². The highest BCUT2D eigenvalue weighted by Crippen LogP contribution is 2.33. The van der Waals surface area contributed by atoms with Gasteiger partial charge in [0.1, 0.15) is 73.2 Å². The number of allylic oxidation sites excluding steroid dienone is 10. The molecule has 3 aliphatic heterocycles. The maximum absolute atomic E-state index is 13.4. The molecule has 17 unspecified atom stereocenters. The van der Waals surface area contributed by atoms with Gasteiger partial charge in [0.15, 0.2) is 18.9 Å². The van der Waals surface area contributed by atoms with Crippen LogP contribution >= 0.6 is 0 Å². The fourth-order valence-corrected chi connectivity index (χ4v) is 12.4. The van der Waals surface area contributed by atoms with Gasteiger partial charge in [-0.15, -0.1) is 0 Å². The van der Waals surface area contributed by atoms with Crippen LogP contribution in [0.25, 0.3) is 0 Å². The lowest BCUT2D eigenvalue weighted by molar-refractivity contribution is -0.379. The standard InChI is InChI=1S/C74H133NO18/c1-3-5-7-9-11-13-15-17-19-20-21-22-23-24-25-26-27-28-29-30-31-32-33-34-35-36-38-40-42-44-46-48-50-52-62(80)75-57(58(79)51-49-47-45-43-41-39-37-18-16-14-12-10-8-6-4-2)56-88-72-68(86)65(83)70(60(54-77)90-72)93-74-69(87)66(84)71(61(55-78)91-74)92-73-67(85)64(82)63(81)59(53-76)89-73/h5,7,11,13,17,19,21-22,24-25,57-61,63-74,76-79,81-87H,3-4,6,8-10,12,14-16,18,20,23,26-56H2,1-2H3,(H,75,80)/b7-5-,13-11-,19-17-,22-21-,25-24-. The molecule has 0 aliphatic carbocycles. The van der Waals surface area contributed by atoms with E-state index >= 15 is 0 Å². The van der Waals surface area contributed by atoms with E-state index in [1.165, 1.54) is 161 Å². The van der Waals surface area contributed by atoms with Crippen molar-refractivity contribution < 1.29 is 89.4 Å². The second-order valence-corrected chi connectivity index (χ2v) is 26.4. The summed E-state index contributed by atoms with van der Waals surface area (Å²) in [5, 5.41) is 121. The normalized spacial score (nSPS) is 27.9. The zero-order valence-corrected chi connectivity index (χ0v) is 57.5. The van der Waals surface area contributed by atoms with Gasteiger partial charge in [0.2, 0.25) is 5.91 Å². The van der Waals surface area contributed by atoms with Crippen LogP contribution in [0, 0.1) is 0 Å². The molecule has 17 atom stereocenters. The summed E-state index contributed by atoms with van der Waals surface area (Å²) in [5.74, 6) is -0.241. The maximum Gasteiger partial charge on any atom is 0.220 e. The first kappa shape index (κ1) is 84.7. The highest BCUT2D eigenvalue weighted by Gasteiger charge is 2.53. The summed E-state index contributed by atoms with van der Waals surface area (Å²) >= 11 is 0. The molecule has 0 bridgehead atoms. The van der Waals surface area contributed by atoms with Gasteiger partial charge in [-0.25, -0.2) is 0 Å². The van der Waals surface area contributed by atoms with E-state index < -0.39 is 124 Å². The molecule has 19 nitrogen and oxygen atoms in total. The van der Waals surface area contributed by atoms with Crippen LogP contribution in [0.4, 0.5) is 0 Å². The second kappa shape index (κ2) is 55.4. The van der Waals surface area contributed by atoms with Crippen LogP contribution in [0.3, 0.4) is 0 Å². The Morgan fingerprint density at radius 3 is 1.16 bits per heavy atom. The summed E-state index contributed by atoms with van der Waals surface area (Å²) in [7, 11) is 0. The van der Waals surface area contributed by atoms with Crippen molar-refractivity contribution in [3.63, 3.8) is 0 Å². The molecule has 0 aromatic carbocycles. The van der Waals surface area contributed by atoms with E-state index in [4.69, 9.17) is 28.4 Å². The van der Waals surface area contributed by atoms with Crippen LogP contribution in [0.5, 0.6) is 0 Å². The number of carbonyl (C=O) groups is 1. The van der Waals surface area contributed by atoms with Crippen LogP contribution in [0.2, 0.25) is 0 Å². The van der Waals surface area contributed by atoms with Crippen molar-refractivity contribution in [2.75, 3.05) is 26.4 Å². The summed E-state index contributed by atoms with van der Waals surface area (Å²) in [6.45, 7) is 1.70. The molecule has 0 radical (unpaired) electrons. The number of carbonyl (C=O) groups excluding carboxylic acids is 1. The summed E-state index contributed by atoms with van der Waals surface area (Å²) in [5.41, 5.74) is 0. The smallest absolute Gasteiger partial charge is 0.220 e. The van der Waals surface area contributed by atoms with E-state index in [9.17, 15) is 61.0 Å². The fraction of sp³-hybridized carbons (Fsp3) is 0.851.